The molecule has 1 aliphatic heterocycles. The van der Waals surface area contributed by atoms with Crippen LogP contribution in [-0.4, -0.2) is 36.1 Å². The SMILES string of the molecule is CCCCCCC(C)N1CC(CCC)NCC1CC. The van der Waals surface area contributed by atoms with Gasteiger partial charge in [0.05, 0.1) is 0 Å². The molecular formula is C17H36N2. The summed E-state index contributed by atoms with van der Waals surface area (Å²) in [4.78, 5) is 2.79. The van der Waals surface area contributed by atoms with E-state index >= 15 is 0 Å². The van der Waals surface area contributed by atoms with E-state index < -0.39 is 0 Å². The molecule has 1 aliphatic rings. The normalized spacial score (nSPS) is 26.5. The maximum atomic E-state index is 3.74. The van der Waals surface area contributed by atoms with Gasteiger partial charge in [0.1, 0.15) is 0 Å². The quantitative estimate of drug-likeness (QED) is 0.631. The van der Waals surface area contributed by atoms with Crippen molar-refractivity contribution in [2.75, 3.05) is 13.1 Å². The molecule has 1 heterocycles. The number of nitrogens with one attached hydrogen (secondary N) is 1. The van der Waals surface area contributed by atoms with E-state index in [1.54, 1.807) is 0 Å². The topological polar surface area (TPSA) is 15.3 Å². The van der Waals surface area contributed by atoms with Crippen molar-refractivity contribution >= 4 is 0 Å². The minimum atomic E-state index is 0.728. The Kier molecular flexibility index (Phi) is 8.72. The second-order valence-electron chi connectivity index (χ2n) is 6.35. The summed E-state index contributed by atoms with van der Waals surface area (Å²) in [5, 5.41) is 3.74. The van der Waals surface area contributed by atoms with Crippen molar-refractivity contribution in [1.82, 2.24) is 10.2 Å². The molecule has 114 valence electrons. The van der Waals surface area contributed by atoms with Gasteiger partial charge >= 0.3 is 0 Å². The van der Waals surface area contributed by atoms with E-state index in [1.807, 2.05) is 0 Å². The molecule has 3 atom stereocenters. The lowest BCUT2D eigenvalue weighted by Crippen LogP contribution is -2.58. The fourth-order valence-corrected chi connectivity index (χ4v) is 3.38. The van der Waals surface area contributed by atoms with Gasteiger partial charge in [0.15, 0.2) is 0 Å². The van der Waals surface area contributed by atoms with Crippen molar-refractivity contribution < 1.29 is 0 Å². The highest BCUT2D eigenvalue weighted by molar-refractivity contribution is 4.88. The summed E-state index contributed by atoms with van der Waals surface area (Å²) in [5.74, 6) is 0. The maximum Gasteiger partial charge on any atom is 0.0221 e. The van der Waals surface area contributed by atoms with Crippen LogP contribution in [-0.2, 0) is 0 Å². The average molecular weight is 268 g/mol. The van der Waals surface area contributed by atoms with Crippen molar-refractivity contribution in [3.8, 4) is 0 Å². The van der Waals surface area contributed by atoms with Gasteiger partial charge in [-0.15, -0.1) is 0 Å². The molecule has 19 heavy (non-hydrogen) atoms. The van der Waals surface area contributed by atoms with Crippen LogP contribution in [0.4, 0.5) is 0 Å². The Morgan fingerprint density at radius 3 is 2.53 bits per heavy atom. The average Bonchev–Trinajstić information content (AvgIpc) is 2.43. The molecule has 1 saturated heterocycles. The second kappa shape index (κ2) is 9.77. The smallest absolute Gasteiger partial charge is 0.0221 e. The first-order chi connectivity index (χ1) is 9.22. The molecule has 2 nitrogen and oxygen atoms in total. The van der Waals surface area contributed by atoms with Gasteiger partial charge in [-0.2, -0.15) is 0 Å². The predicted molar refractivity (Wildman–Crippen MR) is 85.7 cm³/mol. The zero-order valence-electron chi connectivity index (χ0n) is 13.8. The van der Waals surface area contributed by atoms with Crippen LogP contribution in [0.2, 0.25) is 0 Å². The van der Waals surface area contributed by atoms with Crippen molar-refractivity contribution in [2.24, 2.45) is 0 Å². The van der Waals surface area contributed by atoms with Crippen LogP contribution in [0.5, 0.6) is 0 Å². The first-order valence-electron chi connectivity index (χ1n) is 8.71. The monoisotopic (exact) mass is 268 g/mol. The number of rotatable bonds is 9. The van der Waals surface area contributed by atoms with E-state index in [0.29, 0.717) is 0 Å². The summed E-state index contributed by atoms with van der Waals surface area (Å²) >= 11 is 0. The third kappa shape index (κ3) is 5.83. The van der Waals surface area contributed by atoms with Gasteiger partial charge in [0, 0.05) is 31.2 Å². The Hall–Kier alpha value is -0.0800. The molecule has 0 aliphatic carbocycles. The minimum absolute atomic E-state index is 0.728. The molecule has 0 amide bonds. The van der Waals surface area contributed by atoms with Crippen LogP contribution in [0.1, 0.15) is 79.1 Å². The van der Waals surface area contributed by atoms with Gasteiger partial charge in [0.25, 0.3) is 0 Å². The van der Waals surface area contributed by atoms with Crippen LogP contribution in [0.25, 0.3) is 0 Å². The van der Waals surface area contributed by atoms with Crippen LogP contribution < -0.4 is 5.32 Å². The zero-order chi connectivity index (χ0) is 14.1. The van der Waals surface area contributed by atoms with Gasteiger partial charge in [-0.05, 0) is 26.2 Å². The molecule has 2 heteroatoms. The fourth-order valence-electron chi connectivity index (χ4n) is 3.38. The fraction of sp³-hybridized carbons (Fsp3) is 1.00. The minimum Gasteiger partial charge on any atom is -0.311 e. The number of hydrogen-bond donors (Lipinski definition) is 1. The predicted octanol–water partition coefficient (Wildman–Crippen LogP) is 4.20. The third-order valence-electron chi connectivity index (χ3n) is 4.69. The Labute approximate surface area is 121 Å². The van der Waals surface area contributed by atoms with Gasteiger partial charge in [-0.25, -0.2) is 0 Å². The lowest BCUT2D eigenvalue weighted by molar-refractivity contribution is 0.0784. The van der Waals surface area contributed by atoms with Crippen LogP contribution >= 0.6 is 0 Å². The molecule has 1 fully saturated rings. The molecule has 0 bridgehead atoms. The van der Waals surface area contributed by atoms with Crippen molar-refractivity contribution in [2.45, 2.75) is 97.2 Å². The van der Waals surface area contributed by atoms with E-state index in [1.165, 1.54) is 64.5 Å². The summed E-state index contributed by atoms with van der Waals surface area (Å²) in [6.07, 6.45) is 10.9. The Bertz CT molecular complexity index is 217. The highest BCUT2D eigenvalue weighted by Gasteiger charge is 2.29. The van der Waals surface area contributed by atoms with Crippen molar-refractivity contribution in [1.29, 1.82) is 0 Å². The summed E-state index contributed by atoms with van der Waals surface area (Å²) in [7, 11) is 0. The second-order valence-corrected chi connectivity index (χ2v) is 6.35. The summed E-state index contributed by atoms with van der Waals surface area (Å²) in [6.45, 7) is 11.8. The lowest BCUT2D eigenvalue weighted by atomic mass is 9.99. The highest BCUT2D eigenvalue weighted by Crippen LogP contribution is 2.19. The Morgan fingerprint density at radius 2 is 1.89 bits per heavy atom. The molecule has 1 rings (SSSR count). The maximum absolute atomic E-state index is 3.74. The van der Waals surface area contributed by atoms with Crippen molar-refractivity contribution in [3.05, 3.63) is 0 Å². The molecule has 0 aromatic heterocycles. The summed E-state index contributed by atoms with van der Waals surface area (Å²) < 4.78 is 0. The largest absolute Gasteiger partial charge is 0.311 e. The Balaban J connectivity index is 2.39. The van der Waals surface area contributed by atoms with E-state index in [0.717, 1.165) is 18.1 Å². The first kappa shape index (κ1) is 17.0. The molecule has 0 aromatic rings. The van der Waals surface area contributed by atoms with E-state index in [9.17, 15) is 0 Å². The summed E-state index contributed by atoms with van der Waals surface area (Å²) in [6, 6.07) is 2.25. The molecule has 0 radical (unpaired) electrons. The van der Waals surface area contributed by atoms with Crippen LogP contribution in [0.15, 0.2) is 0 Å². The van der Waals surface area contributed by atoms with E-state index in [-0.39, 0.29) is 0 Å². The molecule has 0 saturated carbocycles. The van der Waals surface area contributed by atoms with Crippen LogP contribution in [0, 0.1) is 0 Å². The molecule has 3 unspecified atom stereocenters. The number of nitrogens with zero attached hydrogens (tertiary/aromatic N) is 1. The lowest BCUT2D eigenvalue weighted by Gasteiger charge is -2.43. The molecular weight excluding hydrogens is 232 g/mol. The number of hydrogen-bond acceptors (Lipinski definition) is 2. The van der Waals surface area contributed by atoms with Gasteiger partial charge in [-0.3, -0.25) is 4.90 Å². The van der Waals surface area contributed by atoms with Crippen LogP contribution in [0.3, 0.4) is 0 Å². The van der Waals surface area contributed by atoms with Gasteiger partial charge in [-0.1, -0.05) is 52.9 Å². The highest BCUT2D eigenvalue weighted by atomic mass is 15.2. The van der Waals surface area contributed by atoms with Crippen molar-refractivity contribution in [3.63, 3.8) is 0 Å². The zero-order valence-corrected chi connectivity index (χ0v) is 13.8. The standard InChI is InChI=1S/C17H36N2/c1-5-8-9-10-12-15(4)19-14-16(11-6-2)18-13-17(19)7-3/h15-18H,5-14H2,1-4H3. The summed E-state index contributed by atoms with van der Waals surface area (Å²) in [5.41, 5.74) is 0. The third-order valence-corrected chi connectivity index (χ3v) is 4.69. The molecule has 0 spiro atoms. The Morgan fingerprint density at radius 1 is 1.11 bits per heavy atom. The van der Waals surface area contributed by atoms with E-state index in [2.05, 4.69) is 37.9 Å². The van der Waals surface area contributed by atoms with Gasteiger partial charge in [0.2, 0.25) is 0 Å². The number of piperazine rings is 1. The van der Waals surface area contributed by atoms with E-state index in [4.69, 9.17) is 0 Å². The van der Waals surface area contributed by atoms with Gasteiger partial charge < -0.3 is 5.32 Å². The molecule has 0 aromatic carbocycles. The molecule has 1 N–H and O–H groups in total. The first-order valence-corrected chi connectivity index (χ1v) is 8.71. The number of unbranched alkanes of at least 4 members (excludes halogenated alkanes) is 3.